The van der Waals surface area contributed by atoms with Gasteiger partial charge in [-0.05, 0) is 31.4 Å². The molecule has 1 N–H and O–H groups in total. The zero-order valence-corrected chi connectivity index (χ0v) is 14.9. The van der Waals surface area contributed by atoms with E-state index >= 15 is 0 Å². The molecule has 0 saturated carbocycles. The summed E-state index contributed by atoms with van der Waals surface area (Å²) >= 11 is 0. The standard InChI is InChI=1S/C17H23N3OS2/c21-17(8-4-1-5-14-9-12-22-23-14)18-10-11-20-13-19-15-6-2-3-7-16(15)20/h2-3,6-7,13-14H,1,4-5,8-12H2,(H,18,21). The van der Waals surface area contributed by atoms with Crippen LogP contribution in [0.2, 0.25) is 0 Å². The van der Waals surface area contributed by atoms with Crippen LogP contribution in [-0.2, 0) is 11.3 Å². The minimum atomic E-state index is 0.169. The third-order valence-electron chi connectivity index (χ3n) is 4.11. The maximum atomic E-state index is 11.9. The molecular weight excluding hydrogens is 326 g/mol. The predicted octanol–water partition coefficient (Wildman–Crippen LogP) is 3.87. The van der Waals surface area contributed by atoms with Gasteiger partial charge in [-0.15, -0.1) is 0 Å². The molecule has 2 aromatic rings. The summed E-state index contributed by atoms with van der Waals surface area (Å²) in [7, 11) is 4.01. The Labute approximate surface area is 145 Å². The molecule has 1 saturated heterocycles. The molecule has 1 atom stereocenters. The van der Waals surface area contributed by atoms with Crippen molar-refractivity contribution in [2.24, 2.45) is 0 Å². The van der Waals surface area contributed by atoms with Crippen LogP contribution in [0.25, 0.3) is 11.0 Å². The first kappa shape index (κ1) is 16.7. The summed E-state index contributed by atoms with van der Waals surface area (Å²) in [5.41, 5.74) is 2.12. The number of nitrogens with zero attached hydrogens (tertiary/aromatic N) is 2. The summed E-state index contributed by atoms with van der Waals surface area (Å²) in [6.45, 7) is 1.43. The Kier molecular flexibility index (Phi) is 6.28. The molecule has 0 radical (unpaired) electrons. The Hall–Kier alpha value is -1.14. The lowest BCUT2D eigenvalue weighted by Crippen LogP contribution is -2.26. The van der Waals surface area contributed by atoms with Crippen LogP contribution in [0.15, 0.2) is 30.6 Å². The summed E-state index contributed by atoms with van der Waals surface area (Å²) < 4.78 is 2.09. The van der Waals surface area contributed by atoms with Gasteiger partial charge >= 0.3 is 0 Å². The molecule has 1 aromatic heterocycles. The number of hydrogen-bond acceptors (Lipinski definition) is 4. The van der Waals surface area contributed by atoms with Crippen LogP contribution < -0.4 is 5.32 Å². The van der Waals surface area contributed by atoms with Gasteiger partial charge in [-0.25, -0.2) is 4.98 Å². The maximum Gasteiger partial charge on any atom is 0.220 e. The fourth-order valence-corrected chi connectivity index (χ4v) is 5.84. The summed E-state index contributed by atoms with van der Waals surface area (Å²) in [5, 5.41) is 3.83. The number of rotatable bonds is 8. The van der Waals surface area contributed by atoms with Crippen molar-refractivity contribution in [2.45, 2.75) is 43.9 Å². The predicted molar refractivity (Wildman–Crippen MR) is 99.7 cm³/mol. The van der Waals surface area contributed by atoms with Gasteiger partial charge in [-0.1, -0.05) is 40.1 Å². The number of benzene rings is 1. The van der Waals surface area contributed by atoms with Crippen LogP contribution >= 0.6 is 21.6 Å². The van der Waals surface area contributed by atoms with Crippen LogP contribution in [-0.4, -0.2) is 33.0 Å². The number of hydrogen-bond donors (Lipinski definition) is 1. The van der Waals surface area contributed by atoms with E-state index in [4.69, 9.17) is 0 Å². The van der Waals surface area contributed by atoms with E-state index in [9.17, 15) is 4.79 Å². The fourth-order valence-electron chi connectivity index (χ4n) is 2.81. The summed E-state index contributed by atoms with van der Waals surface area (Å²) in [5.74, 6) is 1.46. The molecule has 1 fully saturated rings. The lowest BCUT2D eigenvalue weighted by Gasteiger charge is -2.08. The number of aromatic nitrogens is 2. The van der Waals surface area contributed by atoms with E-state index in [1.165, 1.54) is 18.6 Å². The van der Waals surface area contributed by atoms with Crippen LogP contribution in [0.5, 0.6) is 0 Å². The van der Waals surface area contributed by atoms with Crippen molar-refractivity contribution in [1.82, 2.24) is 14.9 Å². The number of carbonyl (C=O) groups excluding carboxylic acids is 1. The van der Waals surface area contributed by atoms with E-state index in [0.29, 0.717) is 13.0 Å². The number of amides is 1. The van der Waals surface area contributed by atoms with E-state index in [1.54, 1.807) is 0 Å². The number of carbonyl (C=O) groups is 1. The average molecular weight is 350 g/mol. The highest BCUT2D eigenvalue weighted by Gasteiger charge is 2.15. The average Bonchev–Trinajstić information content (AvgIpc) is 3.22. The van der Waals surface area contributed by atoms with Crippen molar-refractivity contribution in [3.63, 3.8) is 0 Å². The Morgan fingerprint density at radius 1 is 1.35 bits per heavy atom. The quantitative estimate of drug-likeness (QED) is 0.580. The highest BCUT2D eigenvalue weighted by Crippen LogP contribution is 2.39. The van der Waals surface area contributed by atoms with Crippen LogP contribution in [0, 0.1) is 0 Å². The summed E-state index contributed by atoms with van der Waals surface area (Å²) in [6, 6.07) is 8.07. The number of para-hydroxylation sites is 2. The van der Waals surface area contributed by atoms with Gasteiger partial charge in [0.1, 0.15) is 0 Å². The number of imidazole rings is 1. The molecule has 6 heteroatoms. The number of nitrogens with one attached hydrogen (secondary N) is 1. The van der Waals surface area contributed by atoms with E-state index in [2.05, 4.69) is 20.9 Å². The molecule has 4 nitrogen and oxygen atoms in total. The number of unbranched alkanes of at least 4 members (excludes halogenated alkanes) is 1. The van der Waals surface area contributed by atoms with Crippen molar-refractivity contribution in [3.05, 3.63) is 30.6 Å². The lowest BCUT2D eigenvalue weighted by molar-refractivity contribution is -0.121. The molecule has 23 heavy (non-hydrogen) atoms. The topological polar surface area (TPSA) is 46.9 Å². The van der Waals surface area contributed by atoms with Gasteiger partial charge in [-0.3, -0.25) is 4.79 Å². The highest BCUT2D eigenvalue weighted by molar-refractivity contribution is 8.77. The molecule has 1 aromatic carbocycles. The van der Waals surface area contributed by atoms with Crippen molar-refractivity contribution >= 4 is 38.5 Å². The molecule has 124 valence electrons. The monoisotopic (exact) mass is 349 g/mol. The summed E-state index contributed by atoms with van der Waals surface area (Å²) in [4.78, 5) is 16.2. The molecule has 1 aliphatic heterocycles. The van der Waals surface area contributed by atoms with Gasteiger partial charge in [0.05, 0.1) is 17.4 Å². The first-order valence-corrected chi connectivity index (χ1v) is 10.7. The molecule has 0 bridgehead atoms. The molecule has 2 heterocycles. The van der Waals surface area contributed by atoms with Gasteiger partial charge in [0.25, 0.3) is 0 Å². The smallest absolute Gasteiger partial charge is 0.220 e. The zero-order chi connectivity index (χ0) is 15.9. The van der Waals surface area contributed by atoms with Gasteiger partial charge in [0.2, 0.25) is 5.91 Å². The first-order chi connectivity index (χ1) is 11.3. The molecule has 3 rings (SSSR count). The molecule has 1 aliphatic rings. The minimum absolute atomic E-state index is 0.169. The molecule has 0 spiro atoms. The van der Waals surface area contributed by atoms with E-state index < -0.39 is 0 Å². The van der Waals surface area contributed by atoms with Crippen LogP contribution in [0.4, 0.5) is 0 Å². The van der Waals surface area contributed by atoms with Crippen LogP contribution in [0.3, 0.4) is 0 Å². The first-order valence-electron chi connectivity index (χ1n) is 8.28. The maximum absolute atomic E-state index is 11.9. The van der Waals surface area contributed by atoms with E-state index in [-0.39, 0.29) is 5.91 Å². The molecule has 1 unspecified atom stereocenters. The van der Waals surface area contributed by atoms with Crippen molar-refractivity contribution in [3.8, 4) is 0 Å². The SMILES string of the molecule is O=C(CCCCC1CCSS1)NCCn1cnc2ccccc21. The Morgan fingerprint density at radius 2 is 2.26 bits per heavy atom. The van der Waals surface area contributed by atoms with Crippen molar-refractivity contribution in [1.29, 1.82) is 0 Å². The Bertz CT molecular complexity index is 638. The van der Waals surface area contributed by atoms with Gasteiger partial charge in [0.15, 0.2) is 0 Å². The van der Waals surface area contributed by atoms with E-state index in [1.807, 2.05) is 46.1 Å². The zero-order valence-electron chi connectivity index (χ0n) is 13.2. The largest absolute Gasteiger partial charge is 0.354 e. The van der Waals surface area contributed by atoms with Crippen LogP contribution in [0.1, 0.15) is 32.1 Å². The molecule has 0 aliphatic carbocycles. The highest BCUT2D eigenvalue weighted by atomic mass is 33.1. The molecule has 1 amide bonds. The normalized spacial score (nSPS) is 17.7. The number of fused-ring (bicyclic) bond motifs is 1. The molecular formula is C17H23N3OS2. The van der Waals surface area contributed by atoms with Crippen molar-refractivity contribution in [2.75, 3.05) is 12.3 Å². The second kappa shape index (κ2) is 8.64. The van der Waals surface area contributed by atoms with E-state index in [0.717, 1.165) is 35.7 Å². The van der Waals surface area contributed by atoms with Gasteiger partial charge in [-0.2, -0.15) is 0 Å². The third kappa shape index (κ3) is 4.91. The summed E-state index contributed by atoms with van der Waals surface area (Å²) in [6.07, 6.45) is 7.25. The van der Waals surface area contributed by atoms with Crippen molar-refractivity contribution < 1.29 is 4.79 Å². The minimum Gasteiger partial charge on any atom is -0.354 e. The van der Waals surface area contributed by atoms with Gasteiger partial charge < -0.3 is 9.88 Å². The second-order valence-electron chi connectivity index (χ2n) is 5.85. The van der Waals surface area contributed by atoms with Gasteiger partial charge in [0, 0.05) is 30.5 Å². The third-order valence-corrected chi connectivity index (χ3v) is 7.12. The second-order valence-corrected chi connectivity index (χ2v) is 8.64. The lowest BCUT2D eigenvalue weighted by atomic mass is 10.1. The fraction of sp³-hybridized carbons (Fsp3) is 0.529. The Balaban J connectivity index is 1.31. The Morgan fingerprint density at radius 3 is 3.13 bits per heavy atom.